The second-order valence-electron chi connectivity index (χ2n) is 17.5. The summed E-state index contributed by atoms with van der Waals surface area (Å²) < 4.78 is 0. The Hall–Kier alpha value is -8.79. The van der Waals surface area contributed by atoms with Gasteiger partial charge in [0.1, 0.15) is 0 Å². The highest BCUT2D eigenvalue weighted by molar-refractivity contribution is 5.99. The largest absolute Gasteiger partial charge is 0.208 e. The Morgan fingerprint density at radius 2 is 0.478 bits per heavy atom. The van der Waals surface area contributed by atoms with Gasteiger partial charge >= 0.3 is 0 Å². The summed E-state index contributed by atoms with van der Waals surface area (Å²) in [6.45, 7) is 0. The molecular formula is C64H41N3. The Kier molecular flexibility index (Phi) is 9.07. The highest BCUT2D eigenvalue weighted by atomic mass is 15.0. The van der Waals surface area contributed by atoms with E-state index >= 15 is 0 Å². The molecular weight excluding hydrogens is 811 g/mol. The van der Waals surface area contributed by atoms with Crippen molar-refractivity contribution in [2.75, 3.05) is 0 Å². The first kappa shape index (κ1) is 38.6. The maximum Gasteiger partial charge on any atom is 0.164 e. The maximum absolute atomic E-state index is 4.97. The van der Waals surface area contributed by atoms with Crippen molar-refractivity contribution in [1.29, 1.82) is 0 Å². The SMILES string of the molecule is c1ccc(-c2ccc(-c3cc4c(cc3-c3ccc(-c5ccc(-c6nc(-c7ccccc7)nc(-c7ccccc7)n6)cc5)cc3)C3(c5ccccc5-c5ccccc53)c3ccccc3-4)cc2)cc1. The number of hydrogen-bond acceptors (Lipinski definition) is 3. The molecule has 0 aliphatic heterocycles. The molecule has 1 heterocycles. The lowest BCUT2D eigenvalue weighted by molar-refractivity contribution is 0.794. The normalized spacial score (nSPS) is 12.6. The van der Waals surface area contributed by atoms with E-state index in [1.165, 1.54) is 77.9 Å². The zero-order valence-corrected chi connectivity index (χ0v) is 36.5. The van der Waals surface area contributed by atoms with Crippen molar-refractivity contribution >= 4 is 0 Å². The number of aromatic nitrogens is 3. The van der Waals surface area contributed by atoms with Crippen molar-refractivity contribution < 1.29 is 0 Å². The van der Waals surface area contributed by atoms with Gasteiger partial charge in [-0.3, -0.25) is 0 Å². The molecule has 0 N–H and O–H groups in total. The van der Waals surface area contributed by atoms with Crippen molar-refractivity contribution in [2.45, 2.75) is 5.41 Å². The molecule has 67 heavy (non-hydrogen) atoms. The van der Waals surface area contributed by atoms with E-state index in [1.54, 1.807) is 0 Å². The predicted molar refractivity (Wildman–Crippen MR) is 274 cm³/mol. The monoisotopic (exact) mass is 851 g/mol. The van der Waals surface area contributed by atoms with Gasteiger partial charge in [-0.05, 0) is 101 Å². The molecule has 2 aliphatic rings. The molecule has 1 spiro atoms. The average molecular weight is 852 g/mol. The second-order valence-corrected chi connectivity index (χ2v) is 17.5. The van der Waals surface area contributed by atoms with Crippen LogP contribution in [0.3, 0.4) is 0 Å². The molecule has 0 unspecified atom stereocenters. The van der Waals surface area contributed by atoms with E-state index in [0.29, 0.717) is 17.5 Å². The lowest BCUT2D eigenvalue weighted by atomic mass is 9.70. The summed E-state index contributed by atoms with van der Waals surface area (Å²) in [6, 6.07) is 89.7. The highest BCUT2D eigenvalue weighted by Gasteiger charge is 2.51. The van der Waals surface area contributed by atoms with Crippen molar-refractivity contribution in [3.05, 3.63) is 271 Å². The third-order valence-electron chi connectivity index (χ3n) is 13.8. The molecule has 11 aromatic rings. The maximum atomic E-state index is 4.97. The van der Waals surface area contributed by atoms with Gasteiger partial charge in [0.2, 0.25) is 0 Å². The van der Waals surface area contributed by atoms with Gasteiger partial charge in [0.25, 0.3) is 0 Å². The summed E-state index contributed by atoms with van der Waals surface area (Å²) >= 11 is 0. The molecule has 0 saturated carbocycles. The van der Waals surface area contributed by atoms with Crippen LogP contribution in [0, 0.1) is 0 Å². The second kappa shape index (κ2) is 15.7. The first-order chi connectivity index (χ1) is 33.2. The molecule has 312 valence electrons. The lowest BCUT2D eigenvalue weighted by Gasteiger charge is -2.31. The van der Waals surface area contributed by atoms with Gasteiger partial charge in [-0.2, -0.15) is 0 Å². The molecule has 10 aromatic carbocycles. The fourth-order valence-corrected chi connectivity index (χ4v) is 10.7. The molecule has 0 saturated heterocycles. The van der Waals surface area contributed by atoms with Gasteiger partial charge in [-0.15, -0.1) is 0 Å². The van der Waals surface area contributed by atoms with Gasteiger partial charge < -0.3 is 0 Å². The predicted octanol–water partition coefficient (Wildman–Crippen LogP) is 15.9. The Balaban J connectivity index is 0.928. The number of hydrogen-bond donors (Lipinski definition) is 0. The van der Waals surface area contributed by atoms with Gasteiger partial charge in [0.15, 0.2) is 17.5 Å². The summed E-state index contributed by atoms with van der Waals surface area (Å²) in [4.78, 5) is 14.8. The van der Waals surface area contributed by atoms with Crippen LogP contribution in [-0.2, 0) is 5.41 Å². The van der Waals surface area contributed by atoms with Crippen LogP contribution in [-0.4, -0.2) is 15.0 Å². The minimum absolute atomic E-state index is 0.437. The summed E-state index contributed by atoms with van der Waals surface area (Å²) in [5, 5.41) is 0. The van der Waals surface area contributed by atoms with E-state index < -0.39 is 5.41 Å². The Labute approximate surface area is 390 Å². The van der Waals surface area contributed by atoms with Crippen molar-refractivity contribution in [1.82, 2.24) is 15.0 Å². The van der Waals surface area contributed by atoms with E-state index in [4.69, 9.17) is 15.0 Å². The number of fused-ring (bicyclic) bond motifs is 10. The minimum atomic E-state index is -0.437. The fourth-order valence-electron chi connectivity index (χ4n) is 10.7. The Morgan fingerprint density at radius 3 is 0.896 bits per heavy atom. The number of nitrogens with zero attached hydrogens (tertiary/aromatic N) is 3. The molecule has 3 heteroatoms. The van der Waals surface area contributed by atoms with Crippen LogP contribution in [0.25, 0.3) is 101 Å². The quantitative estimate of drug-likeness (QED) is 0.160. The molecule has 0 fully saturated rings. The van der Waals surface area contributed by atoms with Gasteiger partial charge in [0.05, 0.1) is 5.41 Å². The van der Waals surface area contributed by atoms with E-state index in [0.717, 1.165) is 27.8 Å². The molecule has 0 radical (unpaired) electrons. The molecule has 0 bridgehead atoms. The van der Waals surface area contributed by atoms with Crippen LogP contribution >= 0.6 is 0 Å². The van der Waals surface area contributed by atoms with Crippen LogP contribution in [0.2, 0.25) is 0 Å². The van der Waals surface area contributed by atoms with Gasteiger partial charge in [0, 0.05) is 16.7 Å². The fraction of sp³-hybridized carbons (Fsp3) is 0.0156. The summed E-state index contributed by atoms with van der Waals surface area (Å²) in [7, 11) is 0. The summed E-state index contributed by atoms with van der Waals surface area (Å²) in [6.07, 6.45) is 0. The molecule has 13 rings (SSSR count). The first-order valence-electron chi connectivity index (χ1n) is 22.9. The third kappa shape index (κ3) is 6.31. The Bertz CT molecular complexity index is 3530. The average Bonchev–Trinajstić information content (AvgIpc) is 3.88. The van der Waals surface area contributed by atoms with Gasteiger partial charge in [-0.1, -0.05) is 237 Å². The molecule has 0 amide bonds. The topological polar surface area (TPSA) is 38.7 Å². The van der Waals surface area contributed by atoms with Crippen molar-refractivity contribution in [3.8, 4) is 101 Å². The third-order valence-corrected chi connectivity index (χ3v) is 13.8. The zero-order chi connectivity index (χ0) is 44.3. The van der Waals surface area contributed by atoms with E-state index in [2.05, 4.69) is 188 Å². The summed E-state index contributed by atoms with van der Waals surface area (Å²) in [5.41, 5.74) is 22.4. The van der Waals surface area contributed by atoms with Crippen LogP contribution in [0.15, 0.2) is 249 Å². The lowest BCUT2D eigenvalue weighted by Crippen LogP contribution is -2.25. The molecule has 3 nitrogen and oxygen atoms in total. The first-order valence-corrected chi connectivity index (χ1v) is 22.9. The smallest absolute Gasteiger partial charge is 0.164 e. The van der Waals surface area contributed by atoms with E-state index in [-0.39, 0.29) is 0 Å². The number of benzene rings is 10. The van der Waals surface area contributed by atoms with Crippen molar-refractivity contribution in [2.24, 2.45) is 0 Å². The van der Waals surface area contributed by atoms with E-state index in [9.17, 15) is 0 Å². The molecule has 0 atom stereocenters. The standard InChI is InChI=1S/C64H41N3/c1-4-16-42(17-5-1)43-28-34-46(35-29-43)54-40-56-53-24-12-15-27-59(53)64(57-25-13-10-22-51(57)52-23-11-14-26-58(52)64)60(56)41-55(54)47-36-30-44(31-37-47)45-32-38-50(39-33-45)63-66-61(48-18-6-2-7-19-48)65-62(67-63)49-20-8-3-9-21-49/h1-41H. The van der Waals surface area contributed by atoms with Crippen LogP contribution in [0.1, 0.15) is 22.3 Å². The van der Waals surface area contributed by atoms with Crippen LogP contribution in [0.4, 0.5) is 0 Å². The summed E-state index contributed by atoms with van der Waals surface area (Å²) in [5.74, 6) is 1.94. The molecule has 1 aromatic heterocycles. The number of rotatable bonds is 7. The van der Waals surface area contributed by atoms with Gasteiger partial charge in [-0.25, -0.2) is 15.0 Å². The van der Waals surface area contributed by atoms with Crippen LogP contribution in [0.5, 0.6) is 0 Å². The highest BCUT2D eigenvalue weighted by Crippen LogP contribution is 2.63. The molecule has 2 aliphatic carbocycles. The zero-order valence-electron chi connectivity index (χ0n) is 36.5. The van der Waals surface area contributed by atoms with E-state index in [1.807, 2.05) is 60.7 Å². The van der Waals surface area contributed by atoms with Crippen molar-refractivity contribution in [3.63, 3.8) is 0 Å². The Morgan fingerprint density at radius 1 is 0.194 bits per heavy atom. The van der Waals surface area contributed by atoms with Crippen LogP contribution < -0.4 is 0 Å². The minimum Gasteiger partial charge on any atom is -0.208 e.